The fourth-order valence-electron chi connectivity index (χ4n) is 3.83. The van der Waals surface area contributed by atoms with E-state index in [1.54, 1.807) is 0 Å². The summed E-state index contributed by atoms with van der Waals surface area (Å²) < 4.78 is 24.7. The summed E-state index contributed by atoms with van der Waals surface area (Å²) in [5, 5.41) is 2.57. The van der Waals surface area contributed by atoms with Crippen molar-refractivity contribution in [2.45, 2.75) is 51.9 Å². The molecule has 0 atom stereocenters. The number of hydrogen-bond acceptors (Lipinski definition) is 6. The molecule has 1 aromatic heterocycles. The van der Waals surface area contributed by atoms with Gasteiger partial charge in [0.05, 0.1) is 18.4 Å². The van der Waals surface area contributed by atoms with Gasteiger partial charge in [-0.2, -0.15) is 0 Å². The van der Waals surface area contributed by atoms with Crippen molar-refractivity contribution < 1.29 is 18.0 Å². The number of Topliss-reactive ketones (excluding diaryl/α,β-unsaturated/α-hetero) is 2. The molecule has 30 heavy (non-hydrogen) atoms. The Kier molecular flexibility index (Phi) is 7.55. The lowest BCUT2D eigenvalue weighted by Gasteiger charge is -2.13. The number of sulfonamides is 1. The topological polar surface area (TPSA) is 93.2 Å². The number of hydrogen-bond donors (Lipinski definition) is 1. The largest absolute Gasteiger partial charge is 0.299 e. The Balaban J connectivity index is 1.62. The number of nitrogens with one attached hydrogen (secondary N) is 1. The Bertz CT molecular complexity index is 1020. The lowest BCUT2D eigenvalue weighted by molar-refractivity contribution is -0.117. The summed E-state index contributed by atoms with van der Waals surface area (Å²) in [5.74, 6) is 0.283. The van der Waals surface area contributed by atoms with Gasteiger partial charge in [0, 0.05) is 36.2 Å². The summed E-state index contributed by atoms with van der Waals surface area (Å²) in [6.45, 7) is 2.25. The van der Waals surface area contributed by atoms with Gasteiger partial charge in [-0.05, 0) is 31.4 Å². The van der Waals surface area contributed by atoms with Crippen molar-refractivity contribution in [3.63, 3.8) is 0 Å². The van der Waals surface area contributed by atoms with Gasteiger partial charge in [0.2, 0.25) is 10.0 Å². The van der Waals surface area contributed by atoms with Crippen molar-refractivity contribution in [1.82, 2.24) is 9.71 Å². The van der Waals surface area contributed by atoms with Crippen LogP contribution in [-0.4, -0.2) is 37.8 Å². The molecular weight excluding hydrogens is 420 g/mol. The van der Waals surface area contributed by atoms with E-state index in [0.29, 0.717) is 17.0 Å². The first-order valence-corrected chi connectivity index (χ1v) is 13.0. The first kappa shape index (κ1) is 22.8. The zero-order valence-corrected chi connectivity index (χ0v) is 19.1. The molecule has 3 rings (SSSR count). The zero-order valence-electron chi connectivity index (χ0n) is 17.4. The van der Waals surface area contributed by atoms with Crippen LogP contribution >= 0.6 is 11.3 Å². The van der Waals surface area contributed by atoms with E-state index in [1.807, 2.05) is 30.5 Å². The highest BCUT2D eigenvalue weighted by Gasteiger charge is 2.26. The summed E-state index contributed by atoms with van der Waals surface area (Å²) in [5.41, 5.74) is 3.30. The highest BCUT2D eigenvalue weighted by Crippen LogP contribution is 2.29. The fourth-order valence-corrected chi connectivity index (χ4v) is 5.16. The molecule has 8 heteroatoms. The van der Waals surface area contributed by atoms with Crippen molar-refractivity contribution in [1.29, 1.82) is 0 Å². The zero-order chi connectivity index (χ0) is 21.7. The summed E-state index contributed by atoms with van der Waals surface area (Å²) in [4.78, 5) is 30.1. The van der Waals surface area contributed by atoms with Crippen LogP contribution in [0.15, 0.2) is 23.6 Å². The maximum atomic E-state index is 13.0. The number of carbonyl (C=O) groups excluding carboxylic acids is 2. The minimum absolute atomic E-state index is 0.0227. The SMILES string of the molecule is Cc1ccc(CC(=O)Cc2nc(CCNS(C)(=O)=O)cs2)c(C(=O)C2CCCC2)c1. The Morgan fingerprint density at radius 2 is 1.93 bits per heavy atom. The van der Waals surface area contributed by atoms with Crippen molar-refractivity contribution >= 4 is 32.9 Å². The van der Waals surface area contributed by atoms with E-state index in [0.717, 1.165) is 48.8 Å². The number of carbonyl (C=O) groups is 2. The third-order valence-electron chi connectivity index (χ3n) is 5.34. The van der Waals surface area contributed by atoms with Crippen LogP contribution in [0.2, 0.25) is 0 Å². The fraction of sp³-hybridized carbons (Fsp3) is 0.500. The lowest BCUT2D eigenvalue weighted by atomic mass is 9.90. The Morgan fingerprint density at radius 1 is 1.20 bits per heavy atom. The van der Waals surface area contributed by atoms with Crippen molar-refractivity contribution in [3.05, 3.63) is 51.0 Å². The second kappa shape index (κ2) is 9.94. The molecule has 0 aliphatic heterocycles. The number of nitrogens with zero attached hydrogens (tertiary/aromatic N) is 1. The Labute approximate surface area is 182 Å². The quantitative estimate of drug-likeness (QED) is 0.563. The Hall–Kier alpha value is -1.90. The molecule has 1 aliphatic rings. The normalized spacial score (nSPS) is 14.9. The van der Waals surface area contributed by atoms with Gasteiger partial charge in [-0.1, -0.05) is 30.5 Å². The molecule has 0 spiro atoms. The van der Waals surface area contributed by atoms with Gasteiger partial charge < -0.3 is 0 Å². The molecule has 1 heterocycles. The number of ketones is 2. The molecule has 1 fully saturated rings. The molecule has 1 saturated carbocycles. The maximum Gasteiger partial charge on any atom is 0.208 e. The molecule has 0 bridgehead atoms. The average Bonchev–Trinajstić information content (AvgIpc) is 3.34. The van der Waals surface area contributed by atoms with E-state index >= 15 is 0 Å². The van der Waals surface area contributed by atoms with Gasteiger partial charge in [0.15, 0.2) is 5.78 Å². The number of aryl methyl sites for hydroxylation is 1. The molecule has 0 radical (unpaired) electrons. The van der Waals surface area contributed by atoms with Gasteiger partial charge in [-0.3, -0.25) is 9.59 Å². The van der Waals surface area contributed by atoms with Gasteiger partial charge >= 0.3 is 0 Å². The van der Waals surface area contributed by atoms with Gasteiger partial charge in [0.25, 0.3) is 0 Å². The van der Waals surface area contributed by atoms with Crippen LogP contribution in [0.25, 0.3) is 0 Å². The number of thiazole rings is 1. The summed E-state index contributed by atoms with van der Waals surface area (Å²) >= 11 is 1.40. The van der Waals surface area contributed by atoms with E-state index < -0.39 is 10.0 Å². The van der Waals surface area contributed by atoms with E-state index in [2.05, 4.69) is 9.71 Å². The van der Waals surface area contributed by atoms with Crippen molar-refractivity contribution in [2.75, 3.05) is 12.8 Å². The second-order valence-corrected chi connectivity index (χ2v) is 10.8. The minimum Gasteiger partial charge on any atom is -0.299 e. The highest BCUT2D eigenvalue weighted by molar-refractivity contribution is 7.88. The summed E-state index contributed by atoms with van der Waals surface area (Å²) in [6, 6.07) is 5.77. The molecule has 0 amide bonds. The molecule has 2 aromatic rings. The van der Waals surface area contributed by atoms with Gasteiger partial charge in [0.1, 0.15) is 10.8 Å². The molecule has 1 N–H and O–H groups in total. The first-order chi connectivity index (χ1) is 14.2. The summed E-state index contributed by atoms with van der Waals surface area (Å²) in [6.07, 6.45) is 6.12. The van der Waals surface area contributed by atoms with Crippen LogP contribution in [0.3, 0.4) is 0 Å². The standard InChI is InChI=1S/C22H28N2O4S2/c1-15-7-8-17(20(11-15)22(26)16-5-3-4-6-16)12-19(25)13-21-24-18(14-29-21)9-10-23-30(2,27)28/h7-8,11,14,16,23H,3-6,9-10,12-13H2,1-2H3. The van der Waals surface area contributed by atoms with E-state index in [-0.39, 0.29) is 36.9 Å². The van der Waals surface area contributed by atoms with E-state index in [1.165, 1.54) is 11.3 Å². The van der Waals surface area contributed by atoms with Crippen LogP contribution in [0, 0.1) is 12.8 Å². The maximum absolute atomic E-state index is 13.0. The second-order valence-electron chi connectivity index (χ2n) is 8.05. The van der Waals surface area contributed by atoms with Crippen molar-refractivity contribution in [3.8, 4) is 0 Å². The van der Waals surface area contributed by atoms with Crippen LogP contribution in [0.5, 0.6) is 0 Å². The first-order valence-electron chi connectivity index (χ1n) is 10.2. The molecule has 0 saturated heterocycles. The number of aromatic nitrogens is 1. The van der Waals surface area contributed by atoms with Crippen LogP contribution in [0.1, 0.15) is 57.9 Å². The molecule has 6 nitrogen and oxygen atoms in total. The van der Waals surface area contributed by atoms with E-state index in [9.17, 15) is 18.0 Å². The molecule has 1 aliphatic carbocycles. The number of rotatable bonds is 10. The molecule has 0 unspecified atom stereocenters. The molecule has 162 valence electrons. The Morgan fingerprint density at radius 3 is 2.63 bits per heavy atom. The average molecular weight is 449 g/mol. The third kappa shape index (κ3) is 6.55. The predicted molar refractivity (Wildman–Crippen MR) is 119 cm³/mol. The highest BCUT2D eigenvalue weighted by atomic mass is 32.2. The number of benzene rings is 1. The van der Waals surface area contributed by atoms with Crippen molar-refractivity contribution in [2.24, 2.45) is 5.92 Å². The third-order valence-corrected chi connectivity index (χ3v) is 6.96. The van der Waals surface area contributed by atoms with Crippen LogP contribution < -0.4 is 4.72 Å². The van der Waals surface area contributed by atoms with Crippen LogP contribution in [-0.2, 0) is 34.1 Å². The minimum atomic E-state index is -3.22. The monoisotopic (exact) mass is 448 g/mol. The smallest absolute Gasteiger partial charge is 0.208 e. The predicted octanol–water partition coefficient (Wildman–Crippen LogP) is 3.27. The van der Waals surface area contributed by atoms with E-state index in [4.69, 9.17) is 0 Å². The van der Waals surface area contributed by atoms with Crippen LogP contribution in [0.4, 0.5) is 0 Å². The summed E-state index contributed by atoms with van der Waals surface area (Å²) in [7, 11) is -3.22. The van der Waals surface area contributed by atoms with Gasteiger partial charge in [-0.25, -0.2) is 18.1 Å². The molecule has 1 aromatic carbocycles. The lowest BCUT2D eigenvalue weighted by Crippen LogP contribution is -2.24. The van der Waals surface area contributed by atoms with Gasteiger partial charge in [-0.15, -0.1) is 11.3 Å². The molecular formula is C22H28N2O4S2.